The summed E-state index contributed by atoms with van der Waals surface area (Å²) in [5, 5.41) is 13.1. The molecule has 110 valence electrons. The van der Waals surface area contributed by atoms with Gasteiger partial charge in [0.1, 0.15) is 17.6 Å². The van der Waals surface area contributed by atoms with Gasteiger partial charge in [-0.25, -0.2) is 0 Å². The fourth-order valence-corrected chi connectivity index (χ4v) is 3.40. The summed E-state index contributed by atoms with van der Waals surface area (Å²) in [6, 6.07) is 5.45. The minimum Gasteiger partial charge on any atom is -0.508 e. The predicted octanol–water partition coefficient (Wildman–Crippen LogP) is 3.26. The number of benzene rings is 1. The molecule has 2 N–H and O–H groups in total. The smallest absolute Gasteiger partial charge is 0.126 e. The van der Waals surface area contributed by atoms with E-state index < -0.39 is 0 Å². The molecule has 1 aliphatic carbocycles. The van der Waals surface area contributed by atoms with Crippen molar-refractivity contribution in [3.8, 4) is 11.5 Å². The molecule has 0 amide bonds. The Balaban J connectivity index is 1.45. The highest BCUT2D eigenvalue weighted by Crippen LogP contribution is 2.30. The first kappa shape index (κ1) is 13.7. The molecular formula is C17H25NO2. The van der Waals surface area contributed by atoms with E-state index in [9.17, 15) is 5.11 Å². The van der Waals surface area contributed by atoms with Crippen molar-refractivity contribution >= 4 is 0 Å². The molecule has 1 aromatic carbocycles. The van der Waals surface area contributed by atoms with E-state index >= 15 is 0 Å². The number of fused-ring (bicyclic) bond motifs is 1. The lowest BCUT2D eigenvalue weighted by molar-refractivity contribution is 0.166. The van der Waals surface area contributed by atoms with Crippen LogP contribution in [-0.2, 0) is 6.42 Å². The number of hydrogen-bond acceptors (Lipinski definition) is 3. The van der Waals surface area contributed by atoms with Crippen LogP contribution in [-0.4, -0.2) is 24.3 Å². The molecule has 3 nitrogen and oxygen atoms in total. The first-order valence-electron chi connectivity index (χ1n) is 8.00. The third-order valence-electron chi connectivity index (χ3n) is 4.61. The van der Waals surface area contributed by atoms with E-state index in [1.54, 1.807) is 12.1 Å². The van der Waals surface area contributed by atoms with Gasteiger partial charge in [0, 0.05) is 12.6 Å². The van der Waals surface area contributed by atoms with Gasteiger partial charge in [-0.05, 0) is 49.8 Å². The topological polar surface area (TPSA) is 41.5 Å². The maximum absolute atomic E-state index is 9.53. The Morgan fingerprint density at radius 3 is 2.80 bits per heavy atom. The van der Waals surface area contributed by atoms with Gasteiger partial charge in [0.15, 0.2) is 0 Å². The first-order chi connectivity index (χ1) is 9.81. The van der Waals surface area contributed by atoms with E-state index in [1.807, 2.05) is 6.07 Å². The van der Waals surface area contributed by atoms with Crippen LogP contribution in [0.4, 0.5) is 0 Å². The summed E-state index contributed by atoms with van der Waals surface area (Å²) in [5.74, 6) is 2.02. The Morgan fingerprint density at radius 1 is 1.10 bits per heavy atom. The molecule has 3 rings (SSSR count). The van der Waals surface area contributed by atoms with Crippen molar-refractivity contribution in [2.75, 3.05) is 13.1 Å². The number of phenolic OH excluding ortho intramolecular Hbond substituents is 1. The van der Waals surface area contributed by atoms with Crippen molar-refractivity contribution in [3.63, 3.8) is 0 Å². The molecule has 0 radical (unpaired) electrons. The lowest BCUT2D eigenvalue weighted by Gasteiger charge is -2.28. The van der Waals surface area contributed by atoms with E-state index in [0.717, 1.165) is 37.6 Å². The standard InChI is InChI=1S/C17H25NO2/c19-15-8-6-14-7-9-16(20-17(14)10-15)12-18-11-13-4-2-1-3-5-13/h6,8,10,13,16,18-19H,1-5,7,9,11-12H2. The summed E-state index contributed by atoms with van der Waals surface area (Å²) < 4.78 is 5.98. The summed E-state index contributed by atoms with van der Waals surface area (Å²) >= 11 is 0. The fraction of sp³-hybridized carbons (Fsp3) is 0.647. The summed E-state index contributed by atoms with van der Waals surface area (Å²) in [6.07, 6.45) is 9.35. The largest absolute Gasteiger partial charge is 0.508 e. The average molecular weight is 275 g/mol. The maximum Gasteiger partial charge on any atom is 0.126 e. The maximum atomic E-state index is 9.53. The molecule has 1 heterocycles. The number of aryl methyl sites for hydroxylation is 1. The summed E-state index contributed by atoms with van der Waals surface area (Å²) in [7, 11) is 0. The first-order valence-corrected chi connectivity index (χ1v) is 8.00. The van der Waals surface area contributed by atoms with Crippen LogP contribution in [0.25, 0.3) is 0 Å². The molecule has 1 aromatic rings. The SMILES string of the molecule is Oc1ccc2c(c1)OC(CNCC1CCCCC1)CC2. The molecule has 1 unspecified atom stereocenters. The van der Waals surface area contributed by atoms with Crippen LogP contribution >= 0.6 is 0 Å². The van der Waals surface area contributed by atoms with Crippen molar-refractivity contribution in [1.82, 2.24) is 5.32 Å². The molecule has 0 saturated heterocycles. The molecule has 0 bridgehead atoms. The van der Waals surface area contributed by atoms with Crippen LogP contribution in [0.15, 0.2) is 18.2 Å². The highest BCUT2D eigenvalue weighted by molar-refractivity contribution is 5.41. The second kappa shape index (κ2) is 6.49. The third kappa shape index (κ3) is 3.45. The summed E-state index contributed by atoms with van der Waals surface area (Å²) in [5.41, 5.74) is 1.21. The predicted molar refractivity (Wildman–Crippen MR) is 80.3 cm³/mol. The van der Waals surface area contributed by atoms with Crippen molar-refractivity contribution in [1.29, 1.82) is 0 Å². The second-order valence-corrected chi connectivity index (χ2v) is 6.23. The molecule has 1 saturated carbocycles. The lowest BCUT2D eigenvalue weighted by atomic mass is 9.89. The van der Waals surface area contributed by atoms with Crippen molar-refractivity contribution < 1.29 is 9.84 Å². The Hall–Kier alpha value is -1.22. The average Bonchev–Trinajstić information content (AvgIpc) is 2.48. The van der Waals surface area contributed by atoms with Crippen LogP contribution in [0.5, 0.6) is 11.5 Å². The Morgan fingerprint density at radius 2 is 1.95 bits per heavy atom. The van der Waals surface area contributed by atoms with Gasteiger partial charge in [-0.2, -0.15) is 0 Å². The van der Waals surface area contributed by atoms with Gasteiger partial charge < -0.3 is 15.2 Å². The number of aromatic hydroxyl groups is 1. The highest BCUT2D eigenvalue weighted by Gasteiger charge is 2.20. The monoisotopic (exact) mass is 275 g/mol. The number of phenols is 1. The van der Waals surface area contributed by atoms with Gasteiger partial charge >= 0.3 is 0 Å². The zero-order valence-electron chi connectivity index (χ0n) is 12.1. The van der Waals surface area contributed by atoms with Gasteiger partial charge in [-0.15, -0.1) is 0 Å². The van der Waals surface area contributed by atoms with Crippen molar-refractivity contribution in [2.24, 2.45) is 5.92 Å². The molecule has 1 fully saturated rings. The van der Waals surface area contributed by atoms with Crippen LogP contribution in [0.1, 0.15) is 44.1 Å². The fourth-order valence-electron chi connectivity index (χ4n) is 3.40. The summed E-state index contributed by atoms with van der Waals surface area (Å²) in [4.78, 5) is 0. The highest BCUT2D eigenvalue weighted by atomic mass is 16.5. The van der Waals surface area contributed by atoms with E-state index in [-0.39, 0.29) is 6.10 Å². The number of ether oxygens (including phenoxy) is 1. The van der Waals surface area contributed by atoms with E-state index in [2.05, 4.69) is 5.32 Å². The van der Waals surface area contributed by atoms with Gasteiger partial charge in [0.2, 0.25) is 0 Å². The summed E-state index contributed by atoms with van der Waals surface area (Å²) in [6.45, 7) is 2.05. The van der Waals surface area contributed by atoms with Crippen molar-refractivity contribution in [3.05, 3.63) is 23.8 Å². The van der Waals surface area contributed by atoms with Crippen LogP contribution in [0.2, 0.25) is 0 Å². The zero-order chi connectivity index (χ0) is 13.8. The molecule has 0 aromatic heterocycles. The Labute approximate surface area is 121 Å². The van der Waals surface area contributed by atoms with Crippen molar-refractivity contribution in [2.45, 2.75) is 51.0 Å². The third-order valence-corrected chi connectivity index (χ3v) is 4.61. The Bertz CT molecular complexity index is 441. The van der Waals surface area contributed by atoms with E-state index in [0.29, 0.717) is 5.75 Å². The minimum absolute atomic E-state index is 0.243. The van der Waals surface area contributed by atoms with Crippen LogP contribution in [0.3, 0.4) is 0 Å². The minimum atomic E-state index is 0.243. The molecule has 20 heavy (non-hydrogen) atoms. The molecular weight excluding hydrogens is 250 g/mol. The van der Waals surface area contributed by atoms with E-state index in [1.165, 1.54) is 37.7 Å². The van der Waals surface area contributed by atoms with E-state index in [4.69, 9.17) is 4.74 Å². The lowest BCUT2D eigenvalue weighted by Crippen LogP contribution is -2.36. The second-order valence-electron chi connectivity index (χ2n) is 6.23. The van der Waals surface area contributed by atoms with Gasteiger partial charge in [0.05, 0.1) is 0 Å². The molecule has 3 heteroatoms. The zero-order valence-corrected chi connectivity index (χ0v) is 12.1. The number of nitrogens with one attached hydrogen (secondary N) is 1. The number of hydrogen-bond donors (Lipinski definition) is 2. The molecule has 1 atom stereocenters. The molecule has 1 aliphatic heterocycles. The quantitative estimate of drug-likeness (QED) is 0.886. The van der Waals surface area contributed by atoms with Gasteiger partial charge in [0.25, 0.3) is 0 Å². The van der Waals surface area contributed by atoms with Gasteiger partial charge in [-0.1, -0.05) is 25.3 Å². The van der Waals surface area contributed by atoms with Gasteiger partial charge in [-0.3, -0.25) is 0 Å². The van der Waals surface area contributed by atoms with Crippen LogP contribution < -0.4 is 10.1 Å². The molecule has 2 aliphatic rings. The Kier molecular flexibility index (Phi) is 4.46. The number of rotatable bonds is 4. The molecule has 0 spiro atoms. The van der Waals surface area contributed by atoms with Crippen LogP contribution in [0, 0.1) is 5.92 Å². The normalized spacial score (nSPS) is 23.1.